The first-order valence-corrected chi connectivity index (χ1v) is 5.75. The van der Waals surface area contributed by atoms with Gasteiger partial charge < -0.3 is 4.74 Å². The quantitative estimate of drug-likeness (QED) is 0.620. The molecule has 0 saturated carbocycles. The molecule has 0 atom stereocenters. The van der Waals surface area contributed by atoms with Crippen LogP contribution in [0.25, 0.3) is 0 Å². The standard InChI is InChI=1S/C11H7BrF3NO2/c1-18-10(17)7-2-6(5-16)3-9(8(7)4-12)11(13,14)15/h2-3H,4H2,1H3. The van der Waals surface area contributed by atoms with Gasteiger partial charge in [-0.05, 0) is 17.7 Å². The molecule has 0 spiro atoms. The minimum absolute atomic E-state index is 0.169. The predicted octanol–water partition coefficient (Wildman–Crippen LogP) is 3.26. The second-order valence-corrected chi connectivity index (χ2v) is 3.85. The molecule has 7 heteroatoms. The van der Waals surface area contributed by atoms with Crippen molar-refractivity contribution >= 4 is 21.9 Å². The number of hydrogen-bond donors (Lipinski definition) is 0. The first kappa shape index (κ1) is 14.5. The van der Waals surface area contributed by atoms with Crippen LogP contribution in [-0.4, -0.2) is 13.1 Å². The van der Waals surface area contributed by atoms with E-state index in [0.29, 0.717) is 6.07 Å². The second kappa shape index (κ2) is 5.40. The summed E-state index contributed by atoms with van der Waals surface area (Å²) in [5.41, 5.74) is -1.76. The normalized spacial score (nSPS) is 10.9. The lowest BCUT2D eigenvalue weighted by Gasteiger charge is -2.14. The van der Waals surface area contributed by atoms with Gasteiger partial charge in [-0.2, -0.15) is 18.4 Å². The van der Waals surface area contributed by atoms with E-state index >= 15 is 0 Å². The van der Waals surface area contributed by atoms with E-state index in [0.717, 1.165) is 13.2 Å². The Morgan fingerprint density at radius 2 is 2.11 bits per heavy atom. The summed E-state index contributed by atoms with van der Waals surface area (Å²) in [6, 6.07) is 3.38. The van der Waals surface area contributed by atoms with E-state index in [1.165, 1.54) is 0 Å². The van der Waals surface area contributed by atoms with Crippen molar-refractivity contribution in [3.63, 3.8) is 0 Å². The lowest BCUT2D eigenvalue weighted by molar-refractivity contribution is -0.138. The van der Waals surface area contributed by atoms with Gasteiger partial charge in [0.05, 0.1) is 29.9 Å². The van der Waals surface area contributed by atoms with E-state index in [2.05, 4.69) is 20.7 Å². The molecule has 0 radical (unpaired) electrons. The van der Waals surface area contributed by atoms with Gasteiger partial charge in [0.15, 0.2) is 0 Å². The first-order chi connectivity index (χ1) is 8.35. The first-order valence-electron chi connectivity index (χ1n) is 4.63. The molecule has 1 rings (SSSR count). The molecule has 3 nitrogen and oxygen atoms in total. The van der Waals surface area contributed by atoms with Crippen molar-refractivity contribution in [3.8, 4) is 6.07 Å². The van der Waals surface area contributed by atoms with Crippen molar-refractivity contribution < 1.29 is 22.7 Å². The number of nitrogens with zero attached hydrogens (tertiary/aromatic N) is 1. The van der Waals surface area contributed by atoms with Gasteiger partial charge in [-0.25, -0.2) is 4.79 Å². The number of methoxy groups -OCH3 is 1. The van der Waals surface area contributed by atoms with Crippen molar-refractivity contribution in [2.24, 2.45) is 0 Å². The summed E-state index contributed by atoms with van der Waals surface area (Å²) in [6.45, 7) is 0. The molecule has 0 N–H and O–H groups in total. The van der Waals surface area contributed by atoms with Crippen LogP contribution in [0.1, 0.15) is 27.0 Å². The van der Waals surface area contributed by atoms with Crippen LogP contribution in [0.5, 0.6) is 0 Å². The van der Waals surface area contributed by atoms with Crippen molar-refractivity contribution in [1.29, 1.82) is 5.26 Å². The van der Waals surface area contributed by atoms with Gasteiger partial charge in [-0.15, -0.1) is 0 Å². The SMILES string of the molecule is COC(=O)c1cc(C#N)cc(C(F)(F)F)c1CBr. The predicted molar refractivity (Wildman–Crippen MR) is 60.1 cm³/mol. The molecular formula is C11H7BrF3NO2. The van der Waals surface area contributed by atoms with Crippen LogP contribution in [0.2, 0.25) is 0 Å². The maximum atomic E-state index is 12.8. The molecule has 0 aliphatic heterocycles. The fourth-order valence-corrected chi connectivity index (χ4v) is 2.03. The maximum Gasteiger partial charge on any atom is 0.416 e. The highest BCUT2D eigenvalue weighted by molar-refractivity contribution is 9.08. The topological polar surface area (TPSA) is 50.1 Å². The summed E-state index contributed by atoms with van der Waals surface area (Å²) in [5.74, 6) is -0.910. The Hall–Kier alpha value is -1.55. The third-order valence-corrected chi connectivity index (χ3v) is 2.78. The number of esters is 1. The average Bonchev–Trinajstić information content (AvgIpc) is 2.34. The van der Waals surface area contributed by atoms with Crippen molar-refractivity contribution in [1.82, 2.24) is 0 Å². The van der Waals surface area contributed by atoms with Crippen LogP contribution in [-0.2, 0) is 16.2 Å². The Labute approximate surface area is 109 Å². The summed E-state index contributed by atoms with van der Waals surface area (Å²) < 4.78 is 42.9. The number of benzene rings is 1. The molecule has 0 aromatic heterocycles. The molecule has 0 aliphatic carbocycles. The van der Waals surface area contributed by atoms with E-state index < -0.39 is 17.7 Å². The summed E-state index contributed by atoms with van der Waals surface area (Å²) >= 11 is 2.90. The van der Waals surface area contributed by atoms with Crippen molar-refractivity contribution in [2.75, 3.05) is 7.11 Å². The zero-order valence-corrected chi connectivity index (χ0v) is 10.7. The minimum Gasteiger partial charge on any atom is -0.465 e. The zero-order chi connectivity index (χ0) is 13.9. The van der Waals surface area contributed by atoms with Gasteiger partial charge in [0.2, 0.25) is 0 Å². The highest BCUT2D eigenvalue weighted by Gasteiger charge is 2.35. The molecule has 96 valence electrons. The van der Waals surface area contributed by atoms with Gasteiger partial charge in [0.1, 0.15) is 0 Å². The number of alkyl halides is 4. The van der Waals surface area contributed by atoms with Crippen molar-refractivity contribution in [3.05, 3.63) is 34.4 Å². The fraction of sp³-hybridized carbons (Fsp3) is 0.273. The number of carbonyl (C=O) groups is 1. The fourth-order valence-electron chi connectivity index (χ4n) is 1.43. The number of halogens is 4. The molecule has 0 unspecified atom stereocenters. The summed E-state index contributed by atoms with van der Waals surface area (Å²) in [7, 11) is 1.06. The third-order valence-electron chi connectivity index (χ3n) is 2.22. The molecule has 0 fully saturated rings. The van der Waals surface area contributed by atoms with E-state index in [9.17, 15) is 18.0 Å². The number of rotatable bonds is 2. The molecule has 18 heavy (non-hydrogen) atoms. The number of ether oxygens (including phenoxy) is 1. The Morgan fingerprint density at radius 1 is 1.50 bits per heavy atom. The number of nitriles is 1. The van der Waals surface area contributed by atoms with Gasteiger partial charge >= 0.3 is 12.1 Å². The maximum absolute atomic E-state index is 12.8. The van der Waals surface area contributed by atoms with E-state index in [-0.39, 0.29) is 22.0 Å². The summed E-state index contributed by atoms with van der Waals surface area (Å²) in [4.78, 5) is 11.4. The zero-order valence-electron chi connectivity index (χ0n) is 9.14. The highest BCUT2D eigenvalue weighted by Crippen LogP contribution is 2.35. The van der Waals surface area contributed by atoms with Crippen LogP contribution < -0.4 is 0 Å². The minimum atomic E-state index is -4.64. The molecule has 0 bridgehead atoms. The Morgan fingerprint density at radius 3 is 2.50 bits per heavy atom. The smallest absolute Gasteiger partial charge is 0.416 e. The number of hydrogen-bond acceptors (Lipinski definition) is 3. The van der Waals surface area contributed by atoms with Gasteiger partial charge in [0.25, 0.3) is 0 Å². The molecular weight excluding hydrogens is 315 g/mol. The Kier molecular flexibility index (Phi) is 4.35. The van der Waals surface area contributed by atoms with E-state index in [1.807, 2.05) is 0 Å². The molecule has 1 aromatic rings. The van der Waals surface area contributed by atoms with Crippen LogP contribution in [0.15, 0.2) is 12.1 Å². The lowest BCUT2D eigenvalue weighted by atomic mass is 9.98. The van der Waals surface area contributed by atoms with Gasteiger partial charge in [0, 0.05) is 5.33 Å². The monoisotopic (exact) mass is 321 g/mol. The lowest BCUT2D eigenvalue weighted by Crippen LogP contribution is -2.14. The Balaban J connectivity index is 3.62. The van der Waals surface area contributed by atoms with Gasteiger partial charge in [-0.1, -0.05) is 15.9 Å². The third kappa shape index (κ3) is 2.82. The van der Waals surface area contributed by atoms with Crippen LogP contribution in [0.3, 0.4) is 0 Å². The van der Waals surface area contributed by atoms with E-state index in [4.69, 9.17) is 5.26 Å². The molecule has 0 aliphatic rings. The largest absolute Gasteiger partial charge is 0.465 e. The second-order valence-electron chi connectivity index (χ2n) is 3.28. The average molecular weight is 322 g/mol. The van der Waals surface area contributed by atoms with Crippen LogP contribution in [0.4, 0.5) is 13.2 Å². The Bertz CT molecular complexity index is 520. The number of carbonyl (C=O) groups excluding carboxylic acids is 1. The molecule has 0 saturated heterocycles. The summed E-state index contributed by atoms with van der Waals surface area (Å²) in [6.07, 6.45) is -4.64. The van der Waals surface area contributed by atoms with Crippen molar-refractivity contribution in [2.45, 2.75) is 11.5 Å². The van der Waals surface area contributed by atoms with Crippen LogP contribution >= 0.6 is 15.9 Å². The molecule has 1 aromatic carbocycles. The van der Waals surface area contributed by atoms with Crippen LogP contribution in [0, 0.1) is 11.3 Å². The van der Waals surface area contributed by atoms with E-state index in [1.54, 1.807) is 6.07 Å². The summed E-state index contributed by atoms with van der Waals surface area (Å²) in [5, 5.41) is 8.52. The molecule has 0 amide bonds. The van der Waals surface area contributed by atoms with Gasteiger partial charge in [-0.3, -0.25) is 0 Å². The molecule has 0 heterocycles. The highest BCUT2D eigenvalue weighted by atomic mass is 79.9.